The first-order valence-corrected chi connectivity index (χ1v) is 9.27. The maximum absolute atomic E-state index is 13.3. The molecule has 0 fully saturated rings. The van der Waals surface area contributed by atoms with Gasteiger partial charge in [-0.15, -0.1) is 0 Å². The Balaban J connectivity index is 1.81. The molecule has 30 heavy (non-hydrogen) atoms. The normalized spacial score (nSPS) is 10.9. The van der Waals surface area contributed by atoms with Gasteiger partial charge >= 0.3 is 5.97 Å². The molecule has 0 aliphatic heterocycles. The zero-order valence-corrected chi connectivity index (χ0v) is 17.0. The van der Waals surface area contributed by atoms with Crippen molar-refractivity contribution >= 4 is 28.6 Å². The van der Waals surface area contributed by atoms with Gasteiger partial charge in [0.05, 0.1) is 35.6 Å². The zero-order valence-electron chi connectivity index (χ0n) is 17.0. The number of anilines is 1. The number of methoxy groups -OCH3 is 1. The van der Waals surface area contributed by atoms with Crippen LogP contribution in [0.3, 0.4) is 0 Å². The molecule has 4 aromatic rings. The SMILES string of the molecule is COC(=O)c1ccc(C)c(NC(=O)c2cc(-c3ccco3)nc3c2c(C)nn3C)c1. The van der Waals surface area contributed by atoms with Gasteiger partial charge in [0.2, 0.25) is 0 Å². The van der Waals surface area contributed by atoms with Gasteiger partial charge in [-0.3, -0.25) is 9.48 Å². The highest BCUT2D eigenvalue weighted by Gasteiger charge is 2.21. The molecular weight excluding hydrogens is 384 g/mol. The summed E-state index contributed by atoms with van der Waals surface area (Å²) in [4.78, 5) is 29.8. The predicted octanol–water partition coefficient (Wildman–Crippen LogP) is 3.88. The van der Waals surface area contributed by atoms with Crippen LogP contribution in [-0.2, 0) is 11.8 Å². The average Bonchev–Trinajstić information content (AvgIpc) is 3.37. The number of pyridine rings is 1. The summed E-state index contributed by atoms with van der Waals surface area (Å²) in [6.45, 7) is 3.68. The third kappa shape index (κ3) is 3.32. The molecule has 0 unspecified atom stereocenters. The van der Waals surface area contributed by atoms with Crippen molar-refractivity contribution in [3.63, 3.8) is 0 Å². The van der Waals surface area contributed by atoms with E-state index >= 15 is 0 Å². The van der Waals surface area contributed by atoms with Crippen LogP contribution < -0.4 is 5.32 Å². The predicted molar refractivity (Wildman–Crippen MR) is 111 cm³/mol. The fourth-order valence-corrected chi connectivity index (χ4v) is 3.37. The fourth-order valence-electron chi connectivity index (χ4n) is 3.37. The van der Waals surface area contributed by atoms with Crippen molar-refractivity contribution in [1.29, 1.82) is 0 Å². The highest BCUT2D eigenvalue weighted by molar-refractivity contribution is 6.13. The molecule has 0 atom stereocenters. The number of esters is 1. The molecule has 8 heteroatoms. The number of nitrogens with one attached hydrogen (secondary N) is 1. The Hall–Kier alpha value is -3.94. The summed E-state index contributed by atoms with van der Waals surface area (Å²) in [5, 5.41) is 7.98. The van der Waals surface area contributed by atoms with Crippen LogP contribution in [0.15, 0.2) is 47.1 Å². The van der Waals surface area contributed by atoms with Gasteiger partial charge in [0, 0.05) is 12.7 Å². The molecule has 0 radical (unpaired) electrons. The van der Waals surface area contributed by atoms with E-state index in [0.29, 0.717) is 45.0 Å². The summed E-state index contributed by atoms with van der Waals surface area (Å²) in [6.07, 6.45) is 1.55. The first kappa shape index (κ1) is 19.4. The number of furan rings is 1. The van der Waals surface area contributed by atoms with E-state index in [9.17, 15) is 9.59 Å². The highest BCUT2D eigenvalue weighted by Crippen LogP contribution is 2.28. The number of aryl methyl sites for hydroxylation is 3. The lowest BCUT2D eigenvalue weighted by Crippen LogP contribution is -2.15. The topological polar surface area (TPSA) is 99.2 Å². The maximum atomic E-state index is 13.3. The summed E-state index contributed by atoms with van der Waals surface area (Å²) in [7, 11) is 3.09. The van der Waals surface area contributed by atoms with Crippen molar-refractivity contribution in [2.45, 2.75) is 13.8 Å². The second kappa shape index (κ2) is 7.47. The van der Waals surface area contributed by atoms with Gasteiger partial charge in [0.15, 0.2) is 11.4 Å². The Bertz CT molecular complexity index is 1270. The Morgan fingerprint density at radius 3 is 2.67 bits per heavy atom. The average molecular weight is 404 g/mol. The van der Waals surface area contributed by atoms with Crippen molar-refractivity contribution in [1.82, 2.24) is 14.8 Å². The van der Waals surface area contributed by atoms with Crippen molar-refractivity contribution in [3.05, 3.63) is 65.0 Å². The van der Waals surface area contributed by atoms with Gasteiger partial charge < -0.3 is 14.5 Å². The van der Waals surface area contributed by atoms with E-state index in [1.807, 2.05) is 13.8 Å². The number of nitrogens with zero attached hydrogens (tertiary/aromatic N) is 3. The van der Waals surface area contributed by atoms with Crippen LogP contribution in [0.25, 0.3) is 22.5 Å². The van der Waals surface area contributed by atoms with E-state index in [0.717, 1.165) is 5.56 Å². The second-order valence-corrected chi connectivity index (χ2v) is 6.92. The van der Waals surface area contributed by atoms with Crippen molar-refractivity contribution in [2.24, 2.45) is 7.05 Å². The minimum absolute atomic E-state index is 0.337. The summed E-state index contributed by atoms with van der Waals surface area (Å²) in [5.41, 5.74) is 3.90. The third-order valence-corrected chi connectivity index (χ3v) is 4.89. The highest BCUT2D eigenvalue weighted by atomic mass is 16.5. The maximum Gasteiger partial charge on any atom is 0.337 e. The van der Waals surface area contributed by atoms with Gasteiger partial charge in [-0.25, -0.2) is 9.78 Å². The van der Waals surface area contributed by atoms with E-state index in [1.165, 1.54) is 7.11 Å². The largest absolute Gasteiger partial charge is 0.465 e. The number of carbonyl (C=O) groups excluding carboxylic acids is 2. The standard InChI is InChI=1S/C22H20N4O4/c1-12-7-8-14(22(28)29-4)10-16(12)24-21(27)15-11-17(18-6-5-9-30-18)23-20-19(15)13(2)25-26(20)3/h5-11H,1-4H3,(H,24,27). The Kier molecular flexibility index (Phi) is 4.83. The van der Waals surface area contributed by atoms with Crippen LogP contribution >= 0.6 is 0 Å². The van der Waals surface area contributed by atoms with Crippen LogP contribution in [0.4, 0.5) is 5.69 Å². The number of carbonyl (C=O) groups is 2. The lowest BCUT2D eigenvalue weighted by atomic mass is 10.1. The van der Waals surface area contributed by atoms with Gasteiger partial charge in [-0.2, -0.15) is 5.10 Å². The van der Waals surface area contributed by atoms with Crippen LogP contribution in [0.5, 0.6) is 0 Å². The van der Waals surface area contributed by atoms with E-state index in [-0.39, 0.29) is 5.91 Å². The molecule has 0 aliphatic carbocycles. The lowest BCUT2D eigenvalue weighted by molar-refractivity contribution is 0.0600. The molecule has 0 aliphatic rings. The summed E-state index contributed by atoms with van der Waals surface area (Å²) >= 11 is 0. The summed E-state index contributed by atoms with van der Waals surface area (Å²) in [6, 6.07) is 10.2. The molecule has 3 aromatic heterocycles. The number of benzene rings is 1. The lowest BCUT2D eigenvalue weighted by Gasteiger charge is -2.12. The molecule has 3 heterocycles. The number of hydrogen-bond acceptors (Lipinski definition) is 6. The number of amides is 1. The van der Waals surface area contributed by atoms with E-state index < -0.39 is 5.97 Å². The monoisotopic (exact) mass is 404 g/mol. The van der Waals surface area contributed by atoms with Crippen LogP contribution in [0.1, 0.15) is 32.0 Å². The molecule has 8 nitrogen and oxygen atoms in total. The Morgan fingerprint density at radius 2 is 1.97 bits per heavy atom. The number of ether oxygens (including phenoxy) is 1. The minimum Gasteiger partial charge on any atom is -0.465 e. The molecule has 1 N–H and O–H groups in total. The molecule has 1 aromatic carbocycles. The van der Waals surface area contributed by atoms with Gasteiger partial charge in [0.1, 0.15) is 5.69 Å². The third-order valence-electron chi connectivity index (χ3n) is 4.89. The van der Waals surface area contributed by atoms with Crippen molar-refractivity contribution in [2.75, 3.05) is 12.4 Å². The first-order chi connectivity index (χ1) is 14.4. The van der Waals surface area contributed by atoms with Crippen molar-refractivity contribution in [3.8, 4) is 11.5 Å². The van der Waals surface area contributed by atoms with Crippen LogP contribution in [0.2, 0.25) is 0 Å². The van der Waals surface area contributed by atoms with Crippen molar-refractivity contribution < 1.29 is 18.7 Å². The fraction of sp³-hybridized carbons (Fsp3) is 0.182. The molecule has 0 bridgehead atoms. The number of aromatic nitrogens is 3. The number of fused-ring (bicyclic) bond motifs is 1. The molecule has 0 saturated carbocycles. The quantitative estimate of drug-likeness (QED) is 0.518. The molecule has 1 amide bonds. The van der Waals surface area contributed by atoms with E-state index in [4.69, 9.17) is 9.15 Å². The summed E-state index contributed by atoms with van der Waals surface area (Å²) < 4.78 is 11.9. The Morgan fingerprint density at radius 1 is 1.17 bits per heavy atom. The Labute approximate surface area is 172 Å². The van der Waals surface area contributed by atoms with Crippen LogP contribution in [-0.4, -0.2) is 33.8 Å². The van der Waals surface area contributed by atoms with Crippen LogP contribution in [0, 0.1) is 13.8 Å². The van der Waals surface area contributed by atoms with Gasteiger partial charge in [0.25, 0.3) is 5.91 Å². The molecular formula is C22H20N4O4. The van der Waals surface area contributed by atoms with E-state index in [2.05, 4.69) is 15.4 Å². The number of hydrogen-bond donors (Lipinski definition) is 1. The second-order valence-electron chi connectivity index (χ2n) is 6.92. The summed E-state index contributed by atoms with van der Waals surface area (Å²) in [5.74, 6) is -0.259. The first-order valence-electron chi connectivity index (χ1n) is 9.27. The van der Waals surface area contributed by atoms with Gasteiger partial charge in [-0.05, 0) is 49.7 Å². The molecule has 0 spiro atoms. The minimum atomic E-state index is -0.472. The smallest absolute Gasteiger partial charge is 0.337 e. The molecule has 0 saturated heterocycles. The zero-order chi connectivity index (χ0) is 21.4. The molecule has 152 valence electrons. The van der Waals surface area contributed by atoms with E-state index in [1.54, 1.807) is 54.4 Å². The number of rotatable bonds is 4. The van der Waals surface area contributed by atoms with Gasteiger partial charge in [-0.1, -0.05) is 6.07 Å². The molecule has 4 rings (SSSR count).